The van der Waals surface area contributed by atoms with E-state index in [-0.39, 0.29) is 5.41 Å². The molecule has 1 heterocycles. The van der Waals surface area contributed by atoms with Crippen molar-refractivity contribution in [3.8, 4) is 16.9 Å². The quantitative estimate of drug-likeness (QED) is 0.901. The van der Waals surface area contributed by atoms with E-state index in [2.05, 4.69) is 26.0 Å². The van der Waals surface area contributed by atoms with Gasteiger partial charge < -0.3 is 10.5 Å². The summed E-state index contributed by atoms with van der Waals surface area (Å²) in [5.41, 5.74) is 10.5. The molecule has 0 fully saturated rings. The van der Waals surface area contributed by atoms with Gasteiger partial charge in [0.1, 0.15) is 5.75 Å². The Labute approximate surface area is 124 Å². The number of rotatable bonds is 2. The monoisotopic (exact) mass is 287 g/mol. The number of nitrogens with two attached hydrogens (primary N) is 1. The summed E-state index contributed by atoms with van der Waals surface area (Å²) in [5, 5.41) is 0.721. The van der Waals surface area contributed by atoms with Gasteiger partial charge in [0.15, 0.2) is 0 Å². The molecule has 0 amide bonds. The number of benzene rings is 2. The molecule has 0 bridgehead atoms. The highest BCUT2D eigenvalue weighted by atomic mass is 35.5. The molecule has 2 N–H and O–H groups in total. The number of fused-ring (bicyclic) bond motifs is 1. The topological polar surface area (TPSA) is 35.2 Å². The highest BCUT2D eigenvalue weighted by Gasteiger charge is 2.31. The van der Waals surface area contributed by atoms with E-state index < -0.39 is 0 Å². The number of halogens is 1. The van der Waals surface area contributed by atoms with Crippen molar-refractivity contribution in [1.29, 1.82) is 0 Å². The van der Waals surface area contributed by atoms with Crippen molar-refractivity contribution in [2.24, 2.45) is 5.73 Å². The summed E-state index contributed by atoms with van der Waals surface area (Å²) in [6.45, 7) is 5.62. The Balaban J connectivity index is 2.13. The summed E-state index contributed by atoms with van der Waals surface area (Å²) in [7, 11) is 0. The number of hydrogen-bond acceptors (Lipinski definition) is 2. The van der Waals surface area contributed by atoms with Gasteiger partial charge in [-0.25, -0.2) is 0 Å². The molecule has 3 heteroatoms. The van der Waals surface area contributed by atoms with Crippen LogP contribution in [0, 0.1) is 0 Å². The maximum absolute atomic E-state index is 6.05. The second kappa shape index (κ2) is 4.80. The van der Waals surface area contributed by atoms with Crippen LogP contribution >= 0.6 is 11.6 Å². The van der Waals surface area contributed by atoms with E-state index in [1.54, 1.807) is 0 Å². The van der Waals surface area contributed by atoms with E-state index >= 15 is 0 Å². The molecule has 1 aliphatic heterocycles. The van der Waals surface area contributed by atoms with Gasteiger partial charge >= 0.3 is 0 Å². The molecule has 1 aliphatic rings. The van der Waals surface area contributed by atoms with Crippen molar-refractivity contribution in [2.75, 3.05) is 6.61 Å². The van der Waals surface area contributed by atoms with Crippen LogP contribution in [0.5, 0.6) is 5.75 Å². The Hall–Kier alpha value is -1.51. The fourth-order valence-electron chi connectivity index (χ4n) is 2.70. The molecule has 104 valence electrons. The Bertz CT molecular complexity index is 664. The Morgan fingerprint density at radius 2 is 2.00 bits per heavy atom. The third-order valence-corrected chi connectivity index (χ3v) is 4.13. The fourth-order valence-corrected chi connectivity index (χ4v) is 2.90. The maximum atomic E-state index is 6.05. The molecule has 0 unspecified atom stereocenters. The fraction of sp³-hybridized carbons (Fsp3) is 0.294. The molecule has 20 heavy (non-hydrogen) atoms. The molecule has 0 aliphatic carbocycles. The smallest absolute Gasteiger partial charge is 0.123 e. The predicted molar refractivity (Wildman–Crippen MR) is 83.3 cm³/mol. The minimum atomic E-state index is 0.0562. The van der Waals surface area contributed by atoms with Crippen LogP contribution in [0.15, 0.2) is 36.4 Å². The van der Waals surface area contributed by atoms with Crippen LogP contribution in [-0.2, 0) is 12.0 Å². The molecular formula is C17H18ClNO. The molecule has 0 radical (unpaired) electrons. The number of ether oxygens (including phenoxy) is 1. The molecule has 0 spiro atoms. The van der Waals surface area contributed by atoms with Crippen molar-refractivity contribution in [2.45, 2.75) is 25.8 Å². The van der Waals surface area contributed by atoms with Gasteiger partial charge in [-0.2, -0.15) is 0 Å². The minimum absolute atomic E-state index is 0.0562. The van der Waals surface area contributed by atoms with Crippen molar-refractivity contribution >= 4 is 11.6 Å². The predicted octanol–water partition coefficient (Wildman–Crippen LogP) is 4.14. The molecular weight excluding hydrogens is 270 g/mol. The third kappa shape index (κ3) is 2.19. The van der Waals surface area contributed by atoms with E-state index in [0.717, 1.165) is 28.5 Å². The van der Waals surface area contributed by atoms with Crippen LogP contribution in [0.4, 0.5) is 0 Å². The first kappa shape index (κ1) is 13.5. The molecule has 0 saturated heterocycles. The van der Waals surface area contributed by atoms with E-state index in [9.17, 15) is 0 Å². The zero-order valence-corrected chi connectivity index (χ0v) is 12.5. The molecule has 0 atom stereocenters. The maximum Gasteiger partial charge on any atom is 0.123 e. The lowest BCUT2D eigenvalue weighted by molar-refractivity contribution is 0.291. The second-order valence-electron chi connectivity index (χ2n) is 5.89. The average Bonchev–Trinajstić information content (AvgIpc) is 2.74. The SMILES string of the molecule is CC1(C)COc2ccc(-c3ccc(Cl)cc3CN)cc21. The highest BCUT2D eigenvalue weighted by Crippen LogP contribution is 2.41. The van der Waals surface area contributed by atoms with Crippen LogP contribution in [0.1, 0.15) is 25.0 Å². The molecule has 2 aromatic carbocycles. The van der Waals surface area contributed by atoms with Crippen LogP contribution in [0.25, 0.3) is 11.1 Å². The minimum Gasteiger partial charge on any atom is -0.492 e. The zero-order chi connectivity index (χ0) is 14.3. The van der Waals surface area contributed by atoms with Gasteiger partial charge in [0.25, 0.3) is 0 Å². The lowest BCUT2D eigenvalue weighted by Crippen LogP contribution is -2.18. The summed E-state index contributed by atoms with van der Waals surface area (Å²) < 4.78 is 5.73. The van der Waals surface area contributed by atoms with Gasteiger partial charge in [-0.3, -0.25) is 0 Å². The van der Waals surface area contributed by atoms with E-state index in [1.165, 1.54) is 11.1 Å². The van der Waals surface area contributed by atoms with E-state index in [1.807, 2.05) is 24.3 Å². The van der Waals surface area contributed by atoms with Gasteiger partial charge in [-0.15, -0.1) is 0 Å². The normalized spacial score (nSPS) is 15.8. The lowest BCUT2D eigenvalue weighted by Gasteiger charge is -2.16. The largest absolute Gasteiger partial charge is 0.492 e. The van der Waals surface area contributed by atoms with Crippen LogP contribution in [0.2, 0.25) is 5.02 Å². The van der Waals surface area contributed by atoms with Crippen molar-refractivity contribution in [3.05, 3.63) is 52.5 Å². The molecule has 0 saturated carbocycles. The molecule has 3 rings (SSSR count). The zero-order valence-electron chi connectivity index (χ0n) is 11.7. The summed E-state index contributed by atoms with van der Waals surface area (Å²) in [6, 6.07) is 12.2. The Morgan fingerprint density at radius 1 is 1.20 bits per heavy atom. The first-order chi connectivity index (χ1) is 9.51. The average molecular weight is 288 g/mol. The summed E-state index contributed by atoms with van der Waals surface area (Å²) >= 11 is 6.05. The van der Waals surface area contributed by atoms with Gasteiger partial charge in [0.2, 0.25) is 0 Å². The number of hydrogen-bond donors (Lipinski definition) is 1. The van der Waals surface area contributed by atoms with Gasteiger partial charge in [-0.05, 0) is 41.0 Å². The first-order valence-electron chi connectivity index (χ1n) is 6.77. The van der Waals surface area contributed by atoms with E-state index in [4.69, 9.17) is 22.1 Å². The van der Waals surface area contributed by atoms with Crippen LogP contribution < -0.4 is 10.5 Å². The van der Waals surface area contributed by atoms with Crippen molar-refractivity contribution in [1.82, 2.24) is 0 Å². The van der Waals surface area contributed by atoms with Crippen molar-refractivity contribution in [3.63, 3.8) is 0 Å². The van der Waals surface area contributed by atoms with Gasteiger partial charge in [-0.1, -0.05) is 37.6 Å². The first-order valence-corrected chi connectivity index (χ1v) is 7.15. The Morgan fingerprint density at radius 3 is 2.75 bits per heavy atom. The van der Waals surface area contributed by atoms with E-state index in [0.29, 0.717) is 6.54 Å². The third-order valence-electron chi connectivity index (χ3n) is 3.90. The summed E-state index contributed by atoms with van der Waals surface area (Å²) in [4.78, 5) is 0. The second-order valence-corrected chi connectivity index (χ2v) is 6.33. The van der Waals surface area contributed by atoms with Crippen LogP contribution in [0.3, 0.4) is 0 Å². The summed E-state index contributed by atoms with van der Waals surface area (Å²) in [5.74, 6) is 0.988. The standard InChI is InChI=1S/C17H18ClNO/c1-17(2)10-20-16-6-3-11(8-15(16)17)14-5-4-13(18)7-12(14)9-19/h3-8H,9-10,19H2,1-2H3. The highest BCUT2D eigenvalue weighted by molar-refractivity contribution is 6.30. The molecule has 2 nitrogen and oxygen atoms in total. The summed E-state index contributed by atoms with van der Waals surface area (Å²) in [6.07, 6.45) is 0. The molecule has 2 aromatic rings. The van der Waals surface area contributed by atoms with Gasteiger partial charge in [0.05, 0.1) is 6.61 Å². The van der Waals surface area contributed by atoms with Crippen molar-refractivity contribution < 1.29 is 4.74 Å². The lowest BCUT2D eigenvalue weighted by atomic mass is 9.85. The molecule has 0 aromatic heterocycles. The van der Waals surface area contributed by atoms with Gasteiger partial charge in [0, 0.05) is 22.5 Å². The Kier molecular flexibility index (Phi) is 3.23. The van der Waals surface area contributed by atoms with Crippen LogP contribution in [-0.4, -0.2) is 6.61 Å².